The zero-order valence-corrected chi connectivity index (χ0v) is 21.8. The van der Waals surface area contributed by atoms with Gasteiger partial charge in [-0.05, 0) is 108 Å². The first-order valence-electron chi connectivity index (χ1n) is 13.8. The average molecular weight is 441 g/mol. The third-order valence-electron chi connectivity index (χ3n) is 13.6. The van der Waals surface area contributed by atoms with Gasteiger partial charge in [-0.15, -0.1) is 0 Å². The Balaban J connectivity index is 1.41. The minimum atomic E-state index is -0.302. The molecular weight excluding hydrogens is 392 g/mol. The molecule has 1 aliphatic heterocycles. The maximum atomic E-state index is 10.8. The Morgan fingerprint density at radius 2 is 1.50 bits per heavy atom. The Kier molecular flexibility index (Phi) is 4.33. The van der Waals surface area contributed by atoms with E-state index >= 15 is 0 Å². The van der Waals surface area contributed by atoms with Crippen LogP contribution >= 0.6 is 0 Å². The number of rotatable bonds is 0. The van der Waals surface area contributed by atoms with Crippen molar-refractivity contribution in [3.63, 3.8) is 0 Å². The van der Waals surface area contributed by atoms with Crippen LogP contribution < -0.4 is 0 Å². The number of aliphatic hydroxyl groups excluding tert-OH is 1. The van der Waals surface area contributed by atoms with Gasteiger partial charge in [-0.1, -0.05) is 60.6 Å². The van der Waals surface area contributed by atoms with Crippen LogP contribution in [0, 0.1) is 56.2 Å². The minimum Gasteiger partial charge on any atom is -0.388 e. The number of hydrogen-bond donors (Lipinski definition) is 1. The van der Waals surface area contributed by atoms with Gasteiger partial charge in [-0.25, -0.2) is 0 Å². The first-order valence-corrected chi connectivity index (χ1v) is 13.8. The lowest BCUT2D eigenvalue weighted by molar-refractivity contribution is -0.231. The van der Waals surface area contributed by atoms with Crippen molar-refractivity contribution < 1.29 is 9.84 Å². The van der Waals surface area contributed by atoms with Crippen molar-refractivity contribution >= 4 is 0 Å². The Morgan fingerprint density at radius 1 is 0.781 bits per heavy atom. The predicted molar refractivity (Wildman–Crippen MR) is 130 cm³/mol. The fourth-order valence-corrected chi connectivity index (χ4v) is 11.4. The lowest BCUT2D eigenvalue weighted by atomic mass is 9.32. The van der Waals surface area contributed by atoms with E-state index in [0.29, 0.717) is 33.7 Å². The van der Waals surface area contributed by atoms with E-state index in [9.17, 15) is 5.11 Å². The summed E-state index contributed by atoms with van der Waals surface area (Å²) in [6, 6.07) is 0. The van der Waals surface area contributed by atoms with Crippen molar-refractivity contribution in [1.82, 2.24) is 0 Å². The van der Waals surface area contributed by atoms with Gasteiger partial charge in [-0.3, -0.25) is 0 Å². The maximum absolute atomic E-state index is 10.8. The van der Waals surface area contributed by atoms with Gasteiger partial charge in [0.25, 0.3) is 0 Å². The van der Waals surface area contributed by atoms with Crippen molar-refractivity contribution in [2.24, 2.45) is 56.2 Å². The molecule has 2 bridgehead atoms. The van der Waals surface area contributed by atoms with E-state index in [1.165, 1.54) is 51.4 Å². The first kappa shape index (κ1) is 22.1. The molecule has 0 unspecified atom stereocenters. The lowest BCUT2D eigenvalue weighted by Gasteiger charge is -2.72. The molecule has 6 aliphatic rings. The summed E-state index contributed by atoms with van der Waals surface area (Å²) in [5, 5.41) is 10.8. The second kappa shape index (κ2) is 6.26. The second-order valence-electron chi connectivity index (χ2n) is 15.3. The fourth-order valence-electron chi connectivity index (χ4n) is 11.4. The SMILES string of the molecule is CC1(C)CC[C@]23CC[C@]4(C)[C@H](CC[C@@H]5[C@@]6(C)C=C[C@H](O)C(C)(C)[C@@H]6CC[C@]54C)[C@H]2[C@H]1OC3. The van der Waals surface area contributed by atoms with Crippen molar-refractivity contribution in [2.45, 2.75) is 112 Å². The van der Waals surface area contributed by atoms with Crippen LogP contribution in [-0.4, -0.2) is 23.9 Å². The quantitative estimate of drug-likeness (QED) is 0.410. The standard InChI is InChI=1S/C30H48O2/c1-25(2)14-16-30-17-15-28(6)19(23(30)24(25)32-18-30)8-9-21-27(5)12-11-22(31)26(3,4)20(27)10-13-29(21,28)7/h11-12,19-24,31H,8-10,13-18H2,1-7H3/t19-,20+,21-,22+,23+,24-,27+,28-,29-,30-/m1/s1. The summed E-state index contributed by atoms with van der Waals surface area (Å²) in [6.07, 6.45) is 15.7. The molecule has 0 aromatic rings. The van der Waals surface area contributed by atoms with E-state index in [2.05, 4.69) is 60.6 Å². The second-order valence-corrected chi connectivity index (χ2v) is 15.3. The smallest absolute Gasteiger partial charge is 0.0774 e. The summed E-state index contributed by atoms with van der Waals surface area (Å²) in [4.78, 5) is 0. The van der Waals surface area contributed by atoms with Crippen molar-refractivity contribution in [1.29, 1.82) is 0 Å². The van der Waals surface area contributed by atoms with Crippen molar-refractivity contribution in [3.05, 3.63) is 12.2 Å². The molecule has 2 nitrogen and oxygen atoms in total. The van der Waals surface area contributed by atoms with Crippen LogP contribution in [0.15, 0.2) is 12.2 Å². The molecule has 0 amide bonds. The third-order valence-corrected chi connectivity index (χ3v) is 13.6. The molecule has 32 heavy (non-hydrogen) atoms. The topological polar surface area (TPSA) is 29.5 Å². The number of hydrogen-bond acceptors (Lipinski definition) is 2. The molecule has 1 saturated heterocycles. The lowest BCUT2D eigenvalue weighted by Crippen LogP contribution is -2.67. The molecule has 5 fully saturated rings. The molecule has 1 heterocycles. The summed E-state index contributed by atoms with van der Waals surface area (Å²) >= 11 is 0. The van der Waals surface area contributed by atoms with Crippen LogP contribution in [0.3, 0.4) is 0 Å². The normalized spacial score (nSPS) is 59.5. The van der Waals surface area contributed by atoms with E-state index < -0.39 is 0 Å². The zero-order valence-electron chi connectivity index (χ0n) is 21.8. The van der Waals surface area contributed by atoms with Gasteiger partial charge in [0, 0.05) is 0 Å². The largest absolute Gasteiger partial charge is 0.388 e. The highest BCUT2D eigenvalue weighted by atomic mass is 16.5. The summed E-state index contributed by atoms with van der Waals surface area (Å²) in [7, 11) is 0. The van der Waals surface area contributed by atoms with Crippen molar-refractivity contribution in [2.75, 3.05) is 6.61 Å². The Bertz CT molecular complexity index is 842. The first-order chi connectivity index (χ1) is 14.8. The van der Waals surface area contributed by atoms with Crippen LogP contribution in [0.5, 0.6) is 0 Å². The molecule has 1 N–H and O–H groups in total. The molecule has 6 rings (SSSR count). The van der Waals surface area contributed by atoms with Gasteiger partial charge in [-0.2, -0.15) is 0 Å². The highest BCUT2D eigenvalue weighted by Crippen LogP contribution is 2.77. The van der Waals surface area contributed by atoms with Crippen LogP contribution in [0.25, 0.3) is 0 Å². The van der Waals surface area contributed by atoms with E-state index in [4.69, 9.17) is 4.74 Å². The summed E-state index contributed by atoms with van der Waals surface area (Å²) in [6.45, 7) is 18.6. The number of allylic oxidation sites excluding steroid dienone is 1. The third kappa shape index (κ3) is 2.36. The van der Waals surface area contributed by atoms with Crippen LogP contribution in [0.1, 0.15) is 99.8 Å². The molecule has 0 aromatic heterocycles. The predicted octanol–water partition coefficient (Wildman–Crippen LogP) is 7.01. The van der Waals surface area contributed by atoms with E-state index in [-0.39, 0.29) is 16.9 Å². The van der Waals surface area contributed by atoms with Gasteiger partial charge >= 0.3 is 0 Å². The van der Waals surface area contributed by atoms with Crippen LogP contribution in [0.2, 0.25) is 0 Å². The summed E-state index contributed by atoms with van der Waals surface area (Å²) in [5.74, 6) is 2.89. The molecular formula is C30H48O2. The fraction of sp³-hybridized carbons (Fsp3) is 0.933. The van der Waals surface area contributed by atoms with E-state index in [1.807, 2.05) is 0 Å². The monoisotopic (exact) mass is 440 g/mol. The van der Waals surface area contributed by atoms with Gasteiger partial charge < -0.3 is 9.84 Å². The van der Waals surface area contributed by atoms with E-state index in [1.54, 1.807) is 0 Å². The van der Waals surface area contributed by atoms with E-state index in [0.717, 1.165) is 24.4 Å². The molecule has 4 saturated carbocycles. The summed E-state index contributed by atoms with van der Waals surface area (Å²) in [5.41, 5.74) is 1.78. The number of ether oxygens (including phenoxy) is 1. The maximum Gasteiger partial charge on any atom is 0.0774 e. The molecule has 0 radical (unpaired) electrons. The van der Waals surface area contributed by atoms with Crippen molar-refractivity contribution in [3.8, 4) is 0 Å². The molecule has 5 aliphatic carbocycles. The highest BCUT2D eigenvalue weighted by molar-refractivity contribution is 5.25. The number of fused-ring (bicyclic) bond motifs is 5. The average Bonchev–Trinajstić information content (AvgIpc) is 3.05. The Hall–Kier alpha value is -0.340. The number of aliphatic hydroxyl groups is 1. The van der Waals surface area contributed by atoms with Gasteiger partial charge in [0.15, 0.2) is 0 Å². The molecule has 2 heteroatoms. The Labute approximate surface area is 197 Å². The Morgan fingerprint density at radius 3 is 2.25 bits per heavy atom. The van der Waals surface area contributed by atoms with Gasteiger partial charge in [0.05, 0.1) is 18.8 Å². The molecule has 0 spiro atoms. The van der Waals surface area contributed by atoms with Gasteiger partial charge in [0.2, 0.25) is 0 Å². The van der Waals surface area contributed by atoms with Crippen LogP contribution in [0.4, 0.5) is 0 Å². The molecule has 10 atom stereocenters. The molecule has 180 valence electrons. The highest BCUT2D eigenvalue weighted by Gasteiger charge is 2.72. The van der Waals surface area contributed by atoms with Crippen LogP contribution in [-0.2, 0) is 4.74 Å². The molecule has 0 aromatic carbocycles. The minimum absolute atomic E-state index is 0.0282. The zero-order chi connectivity index (χ0) is 22.9. The summed E-state index contributed by atoms with van der Waals surface area (Å²) < 4.78 is 6.70. The van der Waals surface area contributed by atoms with Gasteiger partial charge in [0.1, 0.15) is 0 Å².